The average Bonchev–Trinajstić information content (AvgIpc) is 3.20. The highest BCUT2D eigenvalue weighted by molar-refractivity contribution is 8.00. The smallest absolute Gasteiger partial charge is 0.446 e. The molecule has 0 saturated carbocycles. The van der Waals surface area contributed by atoms with E-state index in [1.54, 1.807) is 24.3 Å². The molecule has 188 valence electrons. The molecule has 8 heteroatoms. The van der Waals surface area contributed by atoms with E-state index in [1.807, 2.05) is 53.1 Å². The van der Waals surface area contributed by atoms with E-state index in [-0.39, 0.29) is 35.7 Å². The number of halogens is 3. The van der Waals surface area contributed by atoms with Gasteiger partial charge in [0.15, 0.2) is 0 Å². The van der Waals surface area contributed by atoms with Crippen LogP contribution in [0.15, 0.2) is 83.8 Å². The minimum atomic E-state index is -4.38. The molecule has 0 fully saturated rings. The van der Waals surface area contributed by atoms with Crippen molar-refractivity contribution in [1.29, 1.82) is 0 Å². The van der Waals surface area contributed by atoms with Gasteiger partial charge in [-0.15, -0.1) is 0 Å². The summed E-state index contributed by atoms with van der Waals surface area (Å²) in [5, 5.41) is 3.75. The van der Waals surface area contributed by atoms with Crippen LogP contribution in [0, 0.1) is 0 Å². The molecule has 36 heavy (non-hydrogen) atoms. The second-order valence-electron chi connectivity index (χ2n) is 8.36. The van der Waals surface area contributed by atoms with E-state index in [1.165, 1.54) is 6.07 Å². The first-order valence-electron chi connectivity index (χ1n) is 11.8. The van der Waals surface area contributed by atoms with E-state index >= 15 is 0 Å². The SMILES string of the molecule is CCCCNC(=O)c1ccc2c(c1)cc(COc1ccccc1)n2Cc1ccccc1SC(F)(F)F. The number of amides is 1. The van der Waals surface area contributed by atoms with Crippen molar-refractivity contribution in [3.05, 3.63) is 95.7 Å². The van der Waals surface area contributed by atoms with Crippen LogP contribution in [0.2, 0.25) is 0 Å². The van der Waals surface area contributed by atoms with Gasteiger partial charge < -0.3 is 14.6 Å². The molecule has 1 N–H and O–H groups in total. The quantitative estimate of drug-likeness (QED) is 0.178. The van der Waals surface area contributed by atoms with E-state index in [4.69, 9.17) is 4.74 Å². The van der Waals surface area contributed by atoms with E-state index in [2.05, 4.69) is 12.2 Å². The van der Waals surface area contributed by atoms with Crippen LogP contribution in [0.1, 0.15) is 41.4 Å². The highest BCUT2D eigenvalue weighted by Crippen LogP contribution is 2.39. The van der Waals surface area contributed by atoms with Crippen molar-refractivity contribution in [2.45, 2.75) is 43.3 Å². The fraction of sp³-hybridized carbons (Fsp3) is 0.250. The minimum absolute atomic E-state index is 0.111. The van der Waals surface area contributed by atoms with Crippen LogP contribution in [-0.2, 0) is 13.2 Å². The van der Waals surface area contributed by atoms with Crippen LogP contribution in [0.4, 0.5) is 13.2 Å². The molecule has 0 aliphatic carbocycles. The number of alkyl halides is 3. The van der Waals surface area contributed by atoms with Gasteiger partial charge in [-0.2, -0.15) is 13.2 Å². The summed E-state index contributed by atoms with van der Waals surface area (Å²) in [6.45, 7) is 3.13. The van der Waals surface area contributed by atoms with Crippen LogP contribution < -0.4 is 10.1 Å². The minimum Gasteiger partial charge on any atom is -0.487 e. The maximum absolute atomic E-state index is 13.2. The van der Waals surface area contributed by atoms with E-state index in [0.717, 1.165) is 29.4 Å². The summed E-state index contributed by atoms with van der Waals surface area (Å²) in [5.74, 6) is 0.547. The summed E-state index contributed by atoms with van der Waals surface area (Å²) < 4.78 is 47.4. The van der Waals surface area contributed by atoms with Crippen LogP contribution in [0.5, 0.6) is 5.75 Å². The molecule has 4 rings (SSSR count). The van der Waals surface area contributed by atoms with Crippen molar-refractivity contribution < 1.29 is 22.7 Å². The molecule has 3 aromatic carbocycles. The Kier molecular flexibility index (Phi) is 8.25. The van der Waals surface area contributed by atoms with Crippen LogP contribution >= 0.6 is 11.8 Å². The summed E-state index contributed by atoms with van der Waals surface area (Å²) in [7, 11) is 0. The first-order chi connectivity index (χ1) is 17.3. The van der Waals surface area contributed by atoms with Gasteiger partial charge in [0.05, 0.1) is 5.69 Å². The second kappa shape index (κ2) is 11.6. The lowest BCUT2D eigenvalue weighted by Gasteiger charge is -2.15. The largest absolute Gasteiger partial charge is 0.487 e. The Labute approximate surface area is 212 Å². The molecule has 4 aromatic rings. The molecule has 0 radical (unpaired) electrons. The number of para-hydroxylation sites is 1. The van der Waals surface area contributed by atoms with Gasteiger partial charge in [0, 0.05) is 34.5 Å². The number of nitrogens with one attached hydrogen (secondary N) is 1. The lowest BCUT2D eigenvalue weighted by molar-refractivity contribution is -0.0328. The number of aromatic nitrogens is 1. The molecule has 4 nitrogen and oxygen atoms in total. The maximum Gasteiger partial charge on any atom is 0.446 e. The van der Waals surface area contributed by atoms with E-state index in [0.29, 0.717) is 23.4 Å². The third-order valence-corrected chi connectivity index (χ3v) is 6.57. The molecule has 0 aliphatic rings. The van der Waals surface area contributed by atoms with Crippen molar-refractivity contribution in [2.75, 3.05) is 6.54 Å². The van der Waals surface area contributed by atoms with Gasteiger partial charge in [-0.1, -0.05) is 49.7 Å². The van der Waals surface area contributed by atoms with Crippen molar-refractivity contribution in [2.24, 2.45) is 0 Å². The summed E-state index contributed by atoms with van der Waals surface area (Å²) in [4.78, 5) is 12.7. The van der Waals surface area contributed by atoms with Crippen molar-refractivity contribution in [1.82, 2.24) is 9.88 Å². The van der Waals surface area contributed by atoms with Crippen LogP contribution in [-0.4, -0.2) is 22.5 Å². The number of fused-ring (bicyclic) bond motifs is 1. The molecular formula is C28H27F3N2O2S. The zero-order valence-corrected chi connectivity index (χ0v) is 20.7. The van der Waals surface area contributed by atoms with Crippen molar-refractivity contribution in [3.8, 4) is 5.75 Å². The lowest BCUT2D eigenvalue weighted by Crippen LogP contribution is -2.24. The predicted molar refractivity (Wildman–Crippen MR) is 137 cm³/mol. The number of carbonyl (C=O) groups is 1. The topological polar surface area (TPSA) is 43.3 Å². The van der Waals surface area contributed by atoms with E-state index in [9.17, 15) is 18.0 Å². The summed E-state index contributed by atoms with van der Waals surface area (Å²) >= 11 is -0.111. The number of benzene rings is 3. The Morgan fingerprint density at radius 1 is 1.00 bits per heavy atom. The zero-order chi connectivity index (χ0) is 25.5. The van der Waals surface area contributed by atoms with Crippen LogP contribution in [0.3, 0.4) is 0 Å². The number of carbonyl (C=O) groups excluding carboxylic acids is 1. The lowest BCUT2D eigenvalue weighted by atomic mass is 10.1. The van der Waals surface area contributed by atoms with Gasteiger partial charge in [-0.05, 0) is 66.2 Å². The Hall–Kier alpha value is -3.39. The molecule has 0 bridgehead atoms. The summed E-state index contributed by atoms with van der Waals surface area (Å²) in [6, 6.07) is 23.2. The number of hydrogen-bond donors (Lipinski definition) is 1. The standard InChI is InChI=1S/C28H27F3N2O2S/c1-2-3-15-32-27(34)20-13-14-25-22(16-20)17-23(19-35-24-10-5-4-6-11-24)33(25)18-21-9-7-8-12-26(21)36-28(29,30)31/h4-14,16-17H,2-3,15,18-19H2,1H3,(H,32,34). The normalized spacial score (nSPS) is 11.6. The number of thioether (sulfide) groups is 1. The number of rotatable bonds is 10. The number of hydrogen-bond acceptors (Lipinski definition) is 3. The summed E-state index contributed by atoms with van der Waals surface area (Å²) in [6.07, 6.45) is 1.89. The van der Waals surface area contributed by atoms with Crippen LogP contribution in [0.25, 0.3) is 10.9 Å². The highest BCUT2D eigenvalue weighted by Gasteiger charge is 2.30. The fourth-order valence-corrected chi connectivity index (χ4v) is 4.62. The Balaban J connectivity index is 1.69. The Bertz CT molecular complexity index is 1320. The third kappa shape index (κ3) is 6.63. The molecule has 1 aromatic heterocycles. The molecular weight excluding hydrogens is 485 g/mol. The number of nitrogens with zero attached hydrogens (tertiary/aromatic N) is 1. The maximum atomic E-state index is 13.2. The van der Waals surface area contributed by atoms with Gasteiger partial charge >= 0.3 is 5.51 Å². The predicted octanol–water partition coefficient (Wildman–Crippen LogP) is 7.41. The van der Waals surface area contributed by atoms with Gasteiger partial charge in [0.25, 0.3) is 5.91 Å². The first-order valence-corrected chi connectivity index (χ1v) is 12.6. The Morgan fingerprint density at radius 3 is 2.50 bits per heavy atom. The first kappa shape index (κ1) is 25.7. The third-order valence-electron chi connectivity index (χ3n) is 5.72. The van der Waals surface area contributed by atoms with Gasteiger partial charge in [0.2, 0.25) is 0 Å². The van der Waals surface area contributed by atoms with Crippen molar-refractivity contribution >= 4 is 28.6 Å². The summed E-state index contributed by atoms with van der Waals surface area (Å²) in [5.41, 5.74) is -1.67. The van der Waals surface area contributed by atoms with Gasteiger partial charge in [0.1, 0.15) is 12.4 Å². The molecule has 0 unspecified atom stereocenters. The average molecular weight is 513 g/mol. The Morgan fingerprint density at radius 2 is 1.75 bits per heavy atom. The molecule has 0 atom stereocenters. The molecule has 1 heterocycles. The molecule has 0 spiro atoms. The van der Waals surface area contributed by atoms with Gasteiger partial charge in [-0.3, -0.25) is 4.79 Å². The number of ether oxygens (including phenoxy) is 1. The highest BCUT2D eigenvalue weighted by atomic mass is 32.2. The molecule has 1 amide bonds. The second-order valence-corrected chi connectivity index (χ2v) is 9.47. The monoisotopic (exact) mass is 512 g/mol. The van der Waals surface area contributed by atoms with E-state index < -0.39 is 5.51 Å². The van der Waals surface area contributed by atoms with Gasteiger partial charge in [-0.25, -0.2) is 0 Å². The number of unbranched alkanes of at least 4 members (excludes halogenated alkanes) is 1. The molecule has 0 aliphatic heterocycles. The molecule has 0 saturated heterocycles. The zero-order valence-electron chi connectivity index (χ0n) is 19.8. The van der Waals surface area contributed by atoms with Crippen molar-refractivity contribution in [3.63, 3.8) is 0 Å². The fourth-order valence-electron chi connectivity index (χ4n) is 3.96.